The van der Waals surface area contributed by atoms with Crippen LogP contribution in [0.25, 0.3) is 0 Å². The SMILES string of the molecule is O=C1C=C(CCCCCCCCC2=CC(=O)NC2=O)C(=O)N1. The summed E-state index contributed by atoms with van der Waals surface area (Å²) in [6, 6.07) is 0. The van der Waals surface area contributed by atoms with Crippen LogP contribution in [0.15, 0.2) is 23.3 Å². The van der Waals surface area contributed by atoms with Crippen molar-refractivity contribution in [1.29, 1.82) is 0 Å². The molecule has 0 aromatic carbocycles. The molecule has 0 radical (unpaired) electrons. The van der Waals surface area contributed by atoms with Gasteiger partial charge in [0.05, 0.1) is 0 Å². The molecule has 118 valence electrons. The Kier molecular flexibility index (Phi) is 5.63. The fourth-order valence-corrected chi connectivity index (χ4v) is 2.61. The molecule has 2 aliphatic rings. The predicted molar refractivity (Wildman–Crippen MR) is 79.4 cm³/mol. The van der Waals surface area contributed by atoms with E-state index >= 15 is 0 Å². The largest absolute Gasteiger partial charge is 0.289 e. The first kappa shape index (κ1) is 16.1. The summed E-state index contributed by atoms with van der Waals surface area (Å²) in [4.78, 5) is 44.5. The van der Waals surface area contributed by atoms with Gasteiger partial charge >= 0.3 is 0 Å². The van der Waals surface area contributed by atoms with E-state index in [1.807, 2.05) is 0 Å². The van der Waals surface area contributed by atoms with Crippen LogP contribution >= 0.6 is 0 Å². The molecule has 2 heterocycles. The van der Waals surface area contributed by atoms with E-state index in [4.69, 9.17) is 0 Å². The van der Waals surface area contributed by atoms with Crippen LogP contribution in [-0.2, 0) is 19.2 Å². The number of nitrogens with one attached hydrogen (secondary N) is 2. The number of rotatable bonds is 9. The molecule has 2 N–H and O–H groups in total. The highest BCUT2D eigenvalue weighted by atomic mass is 16.2. The molecule has 2 rings (SSSR count). The standard InChI is InChI=1S/C16H20N2O4/c19-13-9-11(15(21)17-13)7-5-3-1-2-4-6-8-12-10-14(20)18-16(12)22/h9-10H,1-8H2,(H,17,19,21)(H,18,20,22). The topological polar surface area (TPSA) is 92.3 Å². The Morgan fingerprint density at radius 3 is 1.27 bits per heavy atom. The lowest BCUT2D eigenvalue weighted by molar-refractivity contribution is -0.125. The molecule has 0 saturated carbocycles. The minimum atomic E-state index is -0.316. The van der Waals surface area contributed by atoms with E-state index in [1.54, 1.807) is 0 Å². The first-order valence-electron chi connectivity index (χ1n) is 7.68. The number of unbranched alkanes of at least 4 members (excludes halogenated alkanes) is 5. The van der Waals surface area contributed by atoms with E-state index in [2.05, 4.69) is 10.6 Å². The van der Waals surface area contributed by atoms with Crippen molar-refractivity contribution in [1.82, 2.24) is 10.6 Å². The minimum absolute atomic E-state index is 0.261. The second-order valence-electron chi connectivity index (χ2n) is 5.60. The summed E-state index contributed by atoms with van der Waals surface area (Å²) in [7, 11) is 0. The Hall–Kier alpha value is -2.24. The smallest absolute Gasteiger partial charge is 0.254 e. The third-order valence-corrected chi connectivity index (χ3v) is 3.81. The van der Waals surface area contributed by atoms with Gasteiger partial charge in [-0.15, -0.1) is 0 Å². The van der Waals surface area contributed by atoms with Crippen LogP contribution in [-0.4, -0.2) is 23.6 Å². The molecule has 0 aromatic heterocycles. The van der Waals surface area contributed by atoms with E-state index in [1.165, 1.54) is 12.2 Å². The Morgan fingerprint density at radius 1 is 0.591 bits per heavy atom. The summed E-state index contributed by atoms with van der Waals surface area (Å²) in [5.74, 6) is -1.15. The summed E-state index contributed by atoms with van der Waals surface area (Å²) in [5, 5.41) is 4.47. The summed E-state index contributed by atoms with van der Waals surface area (Å²) < 4.78 is 0. The molecule has 0 aliphatic carbocycles. The highest BCUT2D eigenvalue weighted by Crippen LogP contribution is 2.16. The second kappa shape index (κ2) is 7.68. The summed E-state index contributed by atoms with van der Waals surface area (Å²) in [5.41, 5.74) is 1.16. The fourth-order valence-electron chi connectivity index (χ4n) is 2.61. The van der Waals surface area contributed by atoms with Crippen molar-refractivity contribution in [3.8, 4) is 0 Å². The quantitative estimate of drug-likeness (QED) is 0.495. The zero-order chi connectivity index (χ0) is 15.9. The van der Waals surface area contributed by atoms with E-state index in [-0.39, 0.29) is 23.6 Å². The first-order chi connectivity index (χ1) is 10.6. The molecule has 0 atom stereocenters. The minimum Gasteiger partial charge on any atom is -0.289 e. The molecule has 0 bridgehead atoms. The van der Waals surface area contributed by atoms with Gasteiger partial charge in [0, 0.05) is 23.3 Å². The van der Waals surface area contributed by atoms with Crippen molar-refractivity contribution in [3.05, 3.63) is 23.3 Å². The van der Waals surface area contributed by atoms with Gasteiger partial charge in [0.25, 0.3) is 23.6 Å². The van der Waals surface area contributed by atoms with Gasteiger partial charge in [-0.2, -0.15) is 0 Å². The normalized spacial score (nSPS) is 17.5. The summed E-state index contributed by atoms with van der Waals surface area (Å²) in [6.07, 6.45) is 10.00. The van der Waals surface area contributed by atoms with Crippen LogP contribution in [0.4, 0.5) is 0 Å². The van der Waals surface area contributed by atoms with Gasteiger partial charge in [-0.1, -0.05) is 25.7 Å². The Morgan fingerprint density at radius 2 is 0.955 bits per heavy atom. The predicted octanol–water partition coefficient (Wildman–Crippen LogP) is 1.27. The van der Waals surface area contributed by atoms with Gasteiger partial charge in [-0.3, -0.25) is 29.8 Å². The molecule has 22 heavy (non-hydrogen) atoms. The highest BCUT2D eigenvalue weighted by molar-refractivity contribution is 6.16. The van der Waals surface area contributed by atoms with Crippen molar-refractivity contribution in [3.63, 3.8) is 0 Å². The van der Waals surface area contributed by atoms with Gasteiger partial charge < -0.3 is 0 Å². The molecule has 6 nitrogen and oxygen atoms in total. The molecular weight excluding hydrogens is 284 g/mol. The molecule has 0 fully saturated rings. The number of hydrogen-bond donors (Lipinski definition) is 2. The van der Waals surface area contributed by atoms with Crippen LogP contribution < -0.4 is 10.6 Å². The lowest BCUT2D eigenvalue weighted by Crippen LogP contribution is -2.22. The van der Waals surface area contributed by atoms with Crippen LogP contribution in [0.3, 0.4) is 0 Å². The second-order valence-corrected chi connectivity index (χ2v) is 5.60. The van der Waals surface area contributed by atoms with Crippen LogP contribution in [0, 0.1) is 0 Å². The molecule has 6 heteroatoms. The van der Waals surface area contributed by atoms with Crippen LogP contribution in [0.1, 0.15) is 51.4 Å². The van der Waals surface area contributed by atoms with Gasteiger partial charge in [-0.25, -0.2) is 0 Å². The monoisotopic (exact) mass is 304 g/mol. The third kappa shape index (κ3) is 4.65. The van der Waals surface area contributed by atoms with Crippen molar-refractivity contribution in [2.45, 2.75) is 51.4 Å². The first-order valence-corrected chi connectivity index (χ1v) is 7.68. The zero-order valence-corrected chi connectivity index (χ0v) is 12.4. The third-order valence-electron chi connectivity index (χ3n) is 3.81. The lowest BCUT2D eigenvalue weighted by Gasteiger charge is -2.02. The van der Waals surface area contributed by atoms with Gasteiger partial charge in [0.2, 0.25) is 0 Å². The average molecular weight is 304 g/mol. The Bertz CT molecular complexity index is 510. The van der Waals surface area contributed by atoms with E-state index in [9.17, 15) is 19.2 Å². The van der Waals surface area contributed by atoms with Crippen molar-refractivity contribution in [2.24, 2.45) is 0 Å². The Labute approximate surface area is 129 Å². The average Bonchev–Trinajstić information content (AvgIpc) is 2.94. The molecule has 0 unspecified atom stereocenters. The molecule has 2 aliphatic heterocycles. The molecule has 4 amide bonds. The maximum atomic E-state index is 11.3. The number of carbonyl (C=O) groups is 4. The van der Waals surface area contributed by atoms with E-state index < -0.39 is 0 Å². The maximum Gasteiger partial charge on any atom is 0.254 e. The van der Waals surface area contributed by atoms with E-state index in [0.29, 0.717) is 24.0 Å². The van der Waals surface area contributed by atoms with Gasteiger partial charge in [0.1, 0.15) is 0 Å². The number of amides is 4. The van der Waals surface area contributed by atoms with Crippen molar-refractivity contribution in [2.75, 3.05) is 0 Å². The van der Waals surface area contributed by atoms with Crippen molar-refractivity contribution < 1.29 is 19.2 Å². The van der Waals surface area contributed by atoms with Crippen LogP contribution in [0.2, 0.25) is 0 Å². The van der Waals surface area contributed by atoms with Gasteiger partial charge in [0.15, 0.2) is 0 Å². The van der Waals surface area contributed by atoms with E-state index in [0.717, 1.165) is 38.5 Å². The number of imide groups is 2. The number of carbonyl (C=O) groups excluding carboxylic acids is 4. The molecule has 0 spiro atoms. The fraction of sp³-hybridized carbons (Fsp3) is 0.500. The van der Waals surface area contributed by atoms with Gasteiger partial charge in [-0.05, 0) is 25.7 Å². The van der Waals surface area contributed by atoms with Crippen molar-refractivity contribution >= 4 is 23.6 Å². The highest BCUT2D eigenvalue weighted by Gasteiger charge is 2.20. The Balaban J connectivity index is 1.48. The molecule has 0 saturated heterocycles. The summed E-state index contributed by atoms with van der Waals surface area (Å²) in [6.45, 7) is 0. The number of hydrogen-bond acceptors (Lipinski definition) is 4. The molecular formula is C16H20N2O4. The zero-order valence-electron chi connectivity index (χ0n) is 12.4. The molecule has 0 aromatic rings. The van der Waals surface area contributed by atoms with Crippen LogP contribution in [0.5, 0.6) is 0 Å². The maximum absolute atomic E-state index is 11.3. The lowest BCUT2D eigenvalue weighted by atomic mass is 10.0. The summed E-state index contributed by atoms with van der Waals surface area (Å²) >= 11 is 0.